The number of nitrogens with zero attached hydrogens (tertiary/aromatic N) is 3. The van der Waals surface area contributed by atoms with E-state index in [1.165, 1.54) is 23.9 Å². The summed E-state index contributed by atoms with van der Waals surface area (Å²) in [5.74, 6) is 0.427. The van der Waals surface area contributed by atoms with Gasteiger partial charge in [-0.05, 0) is 70.7 Å². The molecule has 0 radical (unpaired) electrons. The zero-order valence-corrected chi connectivity index (χ0v) is 26.9. The molecule has 1 aromatic heterocycles. The van der Waals surface area contributed by atoms with Gasteiger partial charge in [0.2, 0.25) is 5.75 Å². The normalized spacial score (nSPS) is 14.2. The SMILES string of the molecule is CCOc1ccc([C@@H]2C(C(=O)OC)=CN=c3s/c(=C/c4cc(Br)c(OCc5ccccc5)c([N+](=O)[O-])c4)c(=O)n32)cc1OCC. The van der Waals surface area contributed by atoms with Crippen molar-refractivity contribution < 1.29 is 28.7 Å². The highest BCUT2D eigenvalue weighted by Gasteiger charge is 2.31. The number of ether oxygens (including phenoxy) is 4. The maximum atomic E-state index is 13.9. The molecule has 0 fully saturated rings. The first-order chi connectivity index (χ1) is 21.7. The highest BCUT2D eigenvalue weighted by molar-refractivity contribution is 9.10. The molecule has 0 unspecified atom stereocenters. The van der Waals surface area contributed by atoms with Crippen LogP contribution in [0.3, 0.4) is 0 Å². The molecule has 0 saturated carbocycles. The van der Waals surface area contributed by atoms with Crippen LogP contribution >= 0.6 is 27.3 Å². The van der Waals surface area contributed by atoms with Crippen LogP contribution in [-0.2, 0) is 16.1 Å². The van der Waals surface area contributed by atoms with Crippen LogP contribution in [0.2, 0.25) is 0 Å². The standard InChI is InChI=1S/C32H28BrN3O8S/c1-4-42-25-12-11-21(16-26(25)43-5-2)28-22(31(38)41-3)17-34-32-35(28)30(37)27(45-32)15-20-13-23(33)29(24(14-20)36(39)40)44-18-19-9-7-6-8-10-19/h6-17,28H,4-5,18H2,1-3H3/b27-15+/t28-/m1/s1. The predicted octanol–water partition coefficient (Wildman–Crippen LogP) is 5.07. The molecule has 232 valence electrons. The van der Waals surface area contributed by atoms with Crippen LogP contribution < -0.4 is 29.1 Å². The van der Waals surface area contributed by atoms with Crippen molar-refractivity contribution in [3.8, 4) is 17.2 Å². The lowest BCUT2D eigenvalue weighted by Crippen LogP contribution is -2.39. The molecule has 11 nitrogen and oxygen atoms in total. The van der Waals surface area contributed by atoms with E-state index in [0.29, 0.717) is 45.1 Å². The predicted molar refractivity (Wildman–Crippen MR) is 172 cm³/mol. The number of hydrogen-bond acceptors (Lipinski definition) is 10. The fourth-order valence-corrected chi connectivity index (χ4v) is 6.38. The minimum atomic E-state index is -0.874. The van der Waals surface area contributed by atoms with Crippen molar-refractivity contribution in [3.63, 3.8) is 0 Å². The molecular weight excluding hydrogens is 666 g/mol. The van der Waals surface area contributed by atoms with Gasteiger partial charge in [-0.25, -0.2) is 9.79 Å². The average Bonchev–Trinajstić information content (AvgIpc) is 3.35. The number of methoxy groups -OCH3 is 1. The fraction of sp³-hybridized carbons (Fsp3) is 0.219. The first-order valence-electron chi connectivity index (χ1n) is 13.9. The number of carbonyl (C=O) groups excluding carboxylic acids is 1. The second-order valence-electron chi connectivity index (χ2n) is 9.63. The van der Waals surface area contributed by atoms with E-state index in [1.54, 1.807) is 30.3 Å². The third-order valence-corrected chi connectivity index (χ3v) is 8.36. The Labute approximate surface area is 269 Å². The number of halogens is 1. The number of esters is 1. The van der Waals surface area contributed by atoms with Crippen LogP contribution in [-0.4, -0.2) is 35.8 Å². The number of benzene rings is 3. The lowest BCUT2D eigenvalue weighted by Gasteiger charge is -2.23. The summed E-state index contributed by atoms with van der Waals surface area (Å²) < 4.78 is 24.4. The van der Waals surface area contributed by atoms with Gasteiger partial charge in [-0.2, -0.15) is 0 Å². The van der Waals surface area contributed by atoms with E-state index in [2.05, 4.69) is 20.9 Å². The molecule has 3 aromatic carbocycles. The third kappa shape index (κ3) is 6.69. The van der Waals surface area contributed by atoms with Gasteiger partial charge in [-0.15, -0.1) is 0 Å². The lowest BCUT2D eigenvalue weighted by molar-refractivity contribution is -0.386. The molecule has 0 amide bonds. The summed E-state index contributed by atoms with van der Waals surface area (Å²) in [4.78, 5) is 43.0. The van der Waals surface area contributed by atoms with Crippen LogP contribution in [0.5, 0.6) is 17.2 Å². The number of fused-ring (bicyclic) bond motifs is 1. The van der Waals surface area contributed by atoms with Crippen molar-refractivity contribution in [3.05, 3.63) is 123 Å². The Hall–Kier alpha value is -4.75. The summed E-state index contributed by atoms with van der Waals surface area (Å²) in [6.07, 6.45) is 2.94. The maximum absolute atomic E-state index is 13.9. The highest BCUT2D eigenvalue weighted by atomic mass is 79.9. The summed E-state index contributed by atoms with van der Waals surface area (Å²) in [6, 6.07) is 16.6. The highest BCUT2D eigenvalue weighted by Crippen LogP contribution is 2.38. The number of aromatic nitrogens is 1. The topological polar surface area (TPSA) is 131 Å². The van der Waals surface area contributed by atoms with Crippen molar-refractivity contribution in [1.29, 1.82) is 0 Å². The van der Waals surface area contributed by atoms with Crippen LogP contribution in [0.1, 0.15) is 36.6 Å². The van der Waals surface area contributed by atoms with Crippen molar-refractivity contribution in [2.45, 2.75) is 26.5 Å². The van der Waals surface area contributed by atoms with E-state index in [1.807, 2.05) is 44.2 Å². The zero-order chi connectivity index (χ0) is 32.1. The monoisotopic (exact) mass is 693 g/mol. The van der Waals surface area contributed by atoms with E-state index >= 15 is 0 Å². The third-order valence-electron chi connectivity index (χ3n) is 6.77. The van der Waals surface area contributed by atoms with Crippen molar-refractivity contribution in [2.24, 2.45) is 4.99 Å². The van der Waals surface area contributed by atoms with E-state index in [4.69, 9.17) is 18.9 Å². The second kappa shape index (κ2) is 13.9. The van der Waals surface area contributed by atoms with Gasteiger partial charge in [-0.1, -0.05) is 47.7 Å². The van der Waals surface area contributed by atoms with E-state index in [9.17, 15) is 19.7 Å². The summed E-state index contributed by atoms with van der Waals surface area (Å²) in [5.41, 5.74) is 1.29. The lowest BCUT2D eigenvalue weighted by atomic mass is 9.97. The summed E-state index contributed by atoms with van der Waals surface area (Å²) >= 11 is 4.50. The molecule has 0 aliphatic carbocycles. The van der Waals surface area contributed by atoms with Crippen LogP contribution in [0, 0.1) is 10.1 Å². The Morgan fingerprint density at radius 3 is 2.49 bits per heavy atom. The molecule has 0 bridgehead atoms. The van der Waals surface area contributed by atoms with Crippen LogP contribution in [0.25, 0.3) is 6.08 Å². The van der Waals surface area contributed by atoms with Crippen molar-refractivity contribution >= 4 is 45.0 Å². The molecule has 5 rings (SSSR count). The number of rotatable bonds is 11. The summed E-state index contributed by atoms with van der Waals surface area (Å²) in [5, 5.41) is 12.0. The molecule has 1 aliphatic rings. The minimum absolute atomic E-state index is 0.0748. The summed E-state index contributed by atoms with van der Waals surface area (Å²) in [6.45, 7) is 4.64. The molecule has 45 heavy (non-hydrogen) atoms. The molecule has 0 spiro atoms. The van der Waals surface area contributed by atoms with Crippen LogP contribution in [0.4, 0.5) is 5.69 Å². The summed E-state index contributed by atoms with van der Waals surface area (Å²) in [7, 11) is 1.26. The average molecular weight is 695 g/mol. The van der Waals surface area contributed by atoms with Gasteiger partial charge in [0.25, 0.3) is 5.56 Å². The molecule has 4 aromatic rings. The number of carbonyl (C=O) groups is 1. The number of hydrogen-bond donors (Lipinski definition) is 0. The van der Waals surface area contributed by atoms with E-state index < -0.39 is 22.5 Å². The molecule has 2 heterocycles. The van der Waals surface area contributed by atoms with Crippen LogP contribution in [0.15, 0.2) is 86.7 Å². The number of thiazole rings is 1. The minimum Gasteiger partial charge on any atom is -0.490 e. The van der Waals surface area contributed by atoms with E-state index in [0.717, 1.165) is 16.9 Å². The Balaban J connectivity index is 1.60. The first-order valence-corrected chi connectivity index (χ1v) is 15.5. The molecular formula is C32H28BrN3O8S. The first kappa shape index (κ1) is 31.7. The molecule has 0 saturated heterocycles. The maximum Gasteiger partial charge on any atom is 0.337 e. The molecule has 1 atom stereocenters. The van der Waals surface area contributed by atoms with Crippen molar-refractivity contribution in [2.75, 3.05) is 20.3 Å². The quantitative estimate of drug-likeness (QED) is 0.121. The largest absolute Gasteiger partial charge is 0.490 e. The van der Waals surface area contributed by atoms with Gasteiger partial charge >= 0.3 is 11.7 Å². The second-order valence-corrected chi connectivity index (χ2v) is 11.5. The van der Waals surface area contributed by atoms with Gasteiger partial charge in [0.05, 0.1) is 45.9 Å². The molecule has 0 N–H and O–H groups in total. The Morgan fingerprint density at radius 1 is 1.07 bits per heavy atom. The Kier molecular flexibility index (Phi) is 9.79. The van der Waals surface area contributed by atoms with Gasteiger partial charge in [0.15, 0.2) is 16.3 Å². The Morgan fingerprint density at radius 2 is 1.80 bits per heavy atom. The number of nitro groups is 1. The Bertz CT molecular complexity index is 1970. The van der Waals surface area contributed by atoms with Crippen molar-refractivity contribution in [1.82, 2.24) is 4.57 Å². The van der Waals surface area contributed by atoms with Gasteiger partial charge in [0.1, 0.15) is 6.61 Å². The van der Waals surface area contributed by atoms with E-state index in [-0.39, 0.29) is 28.1 Å². The molecule has 13 heteroatoms. The molecule has 1 aliphatic heterocycles. The fourth-order valence-electron chi connectivity index (χ4n) is 4.83. The van der Waals surface area contributed by atoms with Gasteiger partial charge < -0.3 is 18.9 Å². The van der Waals surface area contributed by atoms with Gasteiger partial charge in [-0.3, -0.25) is 19.5 Å². The smallest absolute Gasteiger partial charge is 0.337 e. The van der Waals surface area contributed by atoms with Gasteiger partial charge in [0, 0.05) is 12.3 Å². The zero-order valence-electron chi connectivity index (χ0n) is 24.5. The number of nitro benzene ring substituents is 1.